The summed E-state index contributed by atoms with van der Waals surface area (Å²) in [6.45, 7) is 0.549. The second-order valence-corrected chi connectivity index (χ2v) is 6.87. The molecule has 1 heterocycles. The van der Waals surface area contributed by atoms with Crippen LogP contribution in [0.1, 0.15) is 50.1 Å². The van der Waals surface area contributed by atoms with Crippen molar-refractivity contribution in [3.63, 3.8) is 0 Å². The predicted octanol–water partition coefficient (Wildman–Crippen LogP) is 2.02. The van der Waals surface area contributed by atoms with Crippen LogP contribution in [0, 0.1) is 5.92 Å². The molecule has 0 bridgehead atoms. The molecule has 1 saturated carbocycles. The Morgan fingerprint density at radius 2 is 1.96 bits per heavy atom. The van der Waals surface area contributed by atoms with E-state index in [-0.39, 0.29) is 30.4 Å². The largest absolute Gasteiger partial charge is 0.396 e. The second-order valence-electron chi connectivity index (χ2n) is 6.87. The average Bonchev–Trinajstić information content (AvgIpc) is 3.24. The molecule has 1 aliphatic carbocycles. The van der Waals surface area contributed by atoms with Gasteiger partial charge in [0, 0.05) is 25.6 Å². The number of rotatable bonds is 6. The van der Waals surface area contributed by atoms with Crippen molar-refractivity contribution in [2.24, 2.45) is 5.92 Å². The zero-order valence-corrected chi connectivity index (χ0v) is 14.0. The fourth-order valence-electron chi connectivity index (χ4n) is 3.90. The molecule has 1 aromatic rings. The minimum absolute atomic E-state index is 0.0115. The van der Waals surface area contributed by atoms with Gasteiger partial charge in [-0.05, 0) is 24.8 Å². The van der Waals surface area contributed by atoms with Gasteiger partial charge in [0.2, 0.25) is 11.8 Å². The molecule has 0 radical (unpaired) electrons. The molecular weight excluding hydrogens is 304 g/mol. The molecule has 2 N–H and O–H groups in total. The zero-order chi connectivity index (χ0) is 16.9. The Morgan fingerprint density at radius 3 is 2.62 bits per heavy atom. The van der Waals surface area contributed by atoms with E-state index in [9.17, 15) is 14.7 Å². The summed E-state index contributed by atoms with van der Waals surface area (Å²) in [6.07, 6.45) is 5.27. The number of amides is 2. The fourth-order valence-corrected chi connectivity index (χ4v) is 3.90. The van der Waals surface area contributed by atoms with Crippen molar-refractivity contribution < 1.29 is 14.7 Å². The van der Waals surface area contributed by atoms with E-state index >= 15 is 0 Å². The summed E-state index contributed by atoms with van der Waals surface area (Å²) in [5, 5.41) is 12.3. The van der Waals surface area contributed by atoms with Crippen LogP contribution in [0.3, 0.4) is 0 Å². The van der Waals surface area contributed by atoms with Gasteiger partial charge in [-0.25, -0.2) is 0 Å². The van der Waals surface area contributed by atoms with Crippen LogP contribution in [-0.4, -0.2) is 41.0 Å². The second kappa shape index (κ2) is 7.79. The van der Waals surface area contributed by atoms with Crippen molar-refractivity contribution in [3.05, 3.63) is 35.9 Å². The molecule has 2 atom stereocenters. The molecule has 1 saturated heterocycles. The van der Waals surface area contributed by atoms with Gasteiger partial charge in [0.15, 0.2) is 0 Å². The third-order valence-electron chi connectivity index (χ3n) is 5.23. The van der Waals surface area contributed by atoms with Gasteiger partial charge in [-0.2, -0.15) is 0 Å². The van der Waals surface area contributed by atoms with Crippen molar-refractivity contribution in [2.75, 3.05) is 13.2 Å². The number of aliphatic hydroxyl groups excluding tert-OH is 1. The lowest BCUT2D eigenvalue weighted by Crippen LogP contribution is -2.38. The van der Waals surface area contributed by atoms with E-state index in [1.54, 1.807) is 0 Å². The Morgan fingerprint density at radius 1 is 1.25 bits per heavy atom. The van der Waals surface area contributed by atoms with Crippen molar-refractivity contribution in [1.29, 1.82) is 0 Å². The number of likely N-dealkylation sites (tertiary alicyclic amines) is 1. The first kappa shape index (κ1) is 17.0. The van der Waals surface area contributed by atoms with Gasteiger partial charge >= 0.3 is 0 Å². The van der Waals surface area contributed by atoms with Crippen LogP contribution in [0.5, 0.6) is 0 Å². The van der Waals surface area contributed by atoms with Gasteiger partial charge < -0.3 is 15.3 Å². The molecule has 2 fully saturated rings. The van der Waals surface area contributed by atoms with Crippen LogP contribution >= 0.6 is 0 Å². The first-order chi connectivity index (χ1) is 11.7. The van der Waals surface area contributed by atoms with E-state index < -0.39 is 0 Å². The number of benzene rings is 1. The first-order valence-electron chi connectivity index (χ1n) is 8.94. The van der Waals surface area contributed by atoms with Crippen molar-refractivity contribution in [1.82, 2.24) is 10.2 Å². The minimum atomic E-state index is -0.275. The van der Waals surface area contributed by atoms with Gasteiger partial charge in [0.05, 0.1) is 12.0 Å². The van der Waals surface area contributed by atoms with Gasteiger partial charge in [0.25, 0.3) is 0 Å². The quantitative estimate of drug-likeness (QED) is 0.838. The topological polar surface area (TPSA) is 69.6 Å². The smallest absolute Gasteiger partial charge is 0.225 e. The Kier molecular flexibility index (Phi) is 5.51. The Hall–Kier alpha value is -1.88. The summed E-state index contributed by atoms with van der Waals surface area (Å²) < 4.78 is 0. The van der Waals surface area contributed by atoms with Crippen LogP contribution in [0.15, 0.2) is 30.3 Å². The highest BCUT2D eigenvalue weighted by molar-refractivity contribution is 5.89. The Labute approximate surface area is 143 Å². The highest BCUT2D eigenvalue weighted by Crippen LogP contribution is 2.30. The molecule has 1 aliphatic heterocycles. The molecule has 0 spiro atoms. The van der Waals surface area contributed by atoms with Gasteiger partial charge in [-0.3, -0.25) is 9.59 Å². The van der Waals surface area contributed by atoms with E-state index in [0.717, 1.165) is 18.4 Å². The molecule has 1 aromatic carbocycles. The van der Waals surface area contributed by atoms with E-state index in [1.807, 2.05) is 35.2 Å². The summed E-state index contributed by atoms with van der Waals surface area (Å²) in [5.74, 6) is -0.241. The molecule has 0 aromatic heterocycles. The lowest BCUT2D eigenvalue weighted by molar-refractivity contribution is -0.130. The molecule has 2 unspecified atom stereocenters. The molecule has 24 heavy (non-hydrogen) atoms. The van der Waals surface area contributed by atoms with Crippen LogP contribution in [-0.2, 0) is 9.59 Å². The average molecular weight is 330 g/mol. The molecular formula is C19H26N2O3. The number of hydrogen-bond acceptors (Lipinski definition) is 3. The summed E-state index contributed by atoms with van der Waals surface area (Å²) in [6, 6.07) is 9.80. The summed E-state index contributed by atoms with van der Waals surface area (Å²) in [4.78, 5) is 26.8. The summed E-state index contributed by atoms with van der Waals surface area (Å²) >= 11 is 0. The minimum Gasteiger partial charge on any atom is -0.396 e. The van der Waals surface area contributed by atoms with Gasteiger partial charge in [-0.15, -0.1) is 0 Å². The Bertz CT molecular complexity index is 569. The lowest BCUT2D eigenvalue weighted by Gasteiger charge is -2.24. The van der Waals surface area contributed by atoms with Crippen LogP contribution in [0.4, 0.5) is 0 Å². The summed E-state index contributed by atoms with van der Waals surface area (Å²) in [5.41, 5.74) is 0.983. The number of nitrogens with zero attached hydrogens (tertiary/aromatic N) is 1. The maximum Gasteiger partial charge on any atom is 0.225 e. The van der Waals surface area contributed by atoms with Crippen LogP contribution < -0.4 is 5.32 Å². The number of aliphatic hydroxyl groups is 1. The highest BCUT2D eigenvalue weighted by Gasteiger charge is 2.39. The molecule has 3 rings (SSSR count). The zero-order valence-electron chi connectivity index (χ0n) is 14.0. The van der Waals surface area contributed by atoms with Crippen molar-refractivity contribution in [2.45, 2.75) is 50.6 Å². The third kappa shape index (κ3) is 3.78. The monoisotopic (exact) mass is 330 g/mol. The molecule has 2 amide bonds. The first-order valence-corrected chi connectivity index (χ1v) is 8.94. The lowest BCUT2D eigenvalue weighted by atomic mass is 10.0. The number of carbonyl (C=O) groups excluding carboxylic acids is 2. The number of carbonyl (C=O) groups is 2. The van der Waals surface area contributed by atoms with Crippen LogP contribution in [0.2, 0.25) is 0 Å². The van der Waals surface area contributed by atoms with Gasteiger partial charge in [0.1, 0.15) is 0 Å². The standard InChI is InChI=1S/C19H26N2O3/c22-11-10-17(14-6-2-1-3-7-14)20-19(24)15-12-18(23)21(13-15)16-8-4-5-9-16/h1-3,6-7,15-17,22H,4-5,8-13H2,(H,20,24). The molecule has 130 valence electrons. The maximum atomic E-state index is 12.6. The fraction of sp³-hybridized carbons (Fsp3) is 0.579. The molecule has 5 heteroatoms. The molecule has 5 nitrogen and oxygen atoms in total. The van der Waals surface area contributed by atoms with Crippen LogP contribution in [0.25, 0.3) is 0 Å². The normalized spacial score (nSPS) is 22.8. The Balaban J connectivity index is 1.62. The molecule has 2 aliphatic rings. The van der Waals surface area contributed by atoms with E-state index in [2.05, 4.69) is 5.32 Å². The van der Waals surface area contributed by atoms with Gasteiger partial charge in [-0.1, -0.05) is 43.2 Å². The predicted molar refractivity (Wildman–Crippen MR) is 91.1 cm³/mol. The summed E-state index contributed by atoms with van der Waals surface area (Å²) in [7, 11) is 0. The van der Waals surface area contributed by atoms with Crippen molar-refractivity contribution >= 4 is 11.8 Å². The van der Waals surface area contributed by atoms with E-state index in [1.165, 1.54) is 12.8 Å². The SMILES string of the molecule is O=C(NC(CCO)c1ccccc1)C1CC(=O)N(C2CCCC2)C1. The maximum absolute atomic E-state index is 12.6. The van der Waals surface area contributed by atoms with E-state index in [4.69, 9.17) is 0 Å². The van der Waals surface area contributed by atoms with Crippen molar-refractivity contribution in [3.8, 4) is 0 Å². The number of nitrogens with one attached hydrogen (secondary N) is 1. The van der Waals surface area contributed by atoms with E-state index in [0.29, 0.717) is 25.4 Å². The number of hydrogen-bond donors (Lipinski definition) is 2. The third-order valence-corrected chi connectivity index (χ3v) is 5.23. The highest BCUT2D eigenvalue weighted by atomic mass is 16.3.